The highest BCUT2D eigenvalue weighted by Gasteiger charge is 2.30. The average Bonchev–Trinajstić information content (AvgIpc) is 2.64. The summed E-state index contributed by atoms with van der Waals surface area (Å²) >= 11 is 0. The lowest BCUT2D eigenvalue weighted by Crippen LogP contribution is -2.35. The van der Waals surface area contributed by atoms with E-state index in [0.29, 0.717) is 0 Å². The van der Waals surface area contributed by atoms with Crippen LogP contribution < -0.4 is 4.72 Å². The number of pyridine rings is 1. The van der Waals surface area contributed by atoms with Crippen molar-refractivity contribution in [3.8, 4) is 11.1 Å². The lowest BCUT2D eigenvalue weighted by Gasteiger charge is -2.19. The van der Waals surface area contributed by atoms with Gasteiger partial charge in [-0.2, -0.15) is 0 Å². The topological polar surface area (TPSA) is 146 Å². The second kappa shape index (κ2) is 10.2. The van der Waals surface area contributed by atoms with Gasteiger partial charge >= 0.3 is 5.97 Å². The number of nitrogens with zero attached hydrogens (tertiary/aromatic N) is 2. The monoisotopic (exact) mass is 477 g/mol. The number of ether oxygens (including phenoxy) is 1. The second-order valence-electron chi connectivity index (χ2n) is 8.12. The molecule has 0 fully saturated rings. The van der Waals surface area contributed by atoms with Gasteiger partial charge in [0, 0.05) is 35.0 Å². The van der Waals surface area contributed by atoms with Crippen molar-refractivity contribution in [2.24, 2.45) is 0 Å². The molecule has 33 heavy (non-hydrogen) atoms. The summed E-state index contributed by atoms with van der Waals surface area (Å²) in [5.41, 5.74) is 0.290. The van der Waals surface area contributed by atoms with Gasteiger partial charge in [0.2, 0.25) is 10.0 Å². The van der Waals surface area contributed by atoms with Gasteiger partial charge in [0.25, 0.3) is 5.69 Å². The van der Waals surface area contributed by atoms with E-state index in [4.69, 9.17) is 4.74 Å². The van der Waals surface area contributed by atoms with Crippen LogP contribution in [0.3, 0.4) is 0 Å². The Morgan fingerprint density at radius 3 is 2.27 bits per heavy atom. The van der Waals surface area contributed by atoms with E-state index in [1.54, 1.807) is 34.6 Å². The highest BCUT2D eigenvalue weighted by Crippen LogP contribution is 2.34. The van der Waals surface area contributed by atoms with Crippen molar-refractivity contribution in [3.63, 3.8) is 0 Å². The number of carbonyl (C=O) groups excluding carboxylic acids is 2. The van der Waals surface area contributed by atoms with Gasteiger partial charge in [-0.3, -0.25) is 19.9 Å². The average molecular weight is 478 g/mol. The maximum atomic E-state index is 13.2. The van der Waals surface area contributed by atoms with Crippen molar-refractivity contribution in [2.45, 2.75) is 53.7 Å². The van der Waals surface area contributed by atoms with E-state index in [2.05, 4.69) is 9.71 Å². The molecule has 0 amide bonds. The molecule has 0 bridgehead atoms. The number of benzene rings is 1. The number of esters is 1. The molecule has 0 atom stereocenters. The number of rotatable bonds is 9. The maximum Gasteiger partial charge on any atom is 0.340 e. The van der Waals surface area contributed by atoms with Gasteiger partial charge in [0.05, 0.1) is 22.3 Å². The second-order valence-corrected chi connectivity index (χ2v) is 9.88. The quantitative estimate of drug-likeness (QED) is 0.250. The molecule has 1 aromatic carbocycles. The van der Waals surface area contributed by atoms with Gasteiger partial charge in [0.1, 0.15) is 5.75 Å². The number of nitro groups is 1. The molecular formula is C22H27N3O7S. The van der Waals surface area contributed by atoms with Gasteiger partial charge in [-0.25, -0.2) is 17.9 Å². The first-order chi connectivity index (χ1) is 15.2. The van der Waals surface area contributed by atoms with Crippen LogP contribution in [0.2, 0.25) is 0 Å². The number of ketones is 1. The number of carbonyl (C=O) groups is 2. The van der Waals surface area contributed by atoms with E-state index in [0.717, 1.165) is 0 Å². The third-order valence-corrected chi connectivity index (χ3v) is 5.94. The third-order valence-electron chi connectivity index (χ3n) is 4.47. The van der Waals surface area contributed by atoms with Crippen molar-refractivity contribution in [1.29, 1.82) is 0 Å². The molecule has 2 rings (SSSR count). The van der Waals surface area contributed by atoms with Crippen LogP contribution in [0.25, 0.3) is 11.1 Å². The van der Waals surface area contributed by atoms with E-state index in [1.165, 1.54) is 31.2 Å². The van der Waals surface area contributed by atoms with E-state index in [9.17, 15) is 28.1 Å². The first kappa shape index (κ1) is 26.1. The zero-order chi connectivity index (χ0) is 25.1. The van der Waals surface area contributed by atoms with Crippen molar-refractivity contribution in [2.75, 3.05) is 5.75 Å². The number of non-ortho nitro benzene ring substituents is 1. The number of hydrogen-bond donors (Lipinski definition) is 1. The lowest BCUT2D eigenvalue weighted by molar-refractivity contribution is -0.384. The van der Waals surface area contributed by atoms with Gasteiger partial charge in [0.15, 0.2) is 5.78 Å². The number of nitrogens with one attached hydrogen (secondary N) is 1. The molecular weight excluding hydrogens is 450 g/mol. The summed E-state index contributed by atoms with van der Waals surface area (Å²) in [6.07, 6.45) is -0.481. The van der Waals surface area contributed by atoms with E-state index >= 15 is 0 Å². The maximum absolute atomic E-state index is 13.2. The molecule has 0 aliphatic carbocycles. The molecule has 0 aliphatic heterocycles. The summed E-state index contributed by atoms with van der Waals surface area (Å²) < 4.78 is 32.5. The zero-order valence-corrected chi connectivity index (χ0v) is 20.1. The van der Waals surface area contributed by atoms with Gasteiger partial charge < -0.3 is 4.74 Å². The Hall–Kier alpha value is -3.18. The summed E-state index contributed by atoms with van der Waals surface area (Å²) in [5.74, 6) is -2.45. The number of nitro benzene ring substituents is 1. The van der Waals surface area contributed by atoms with Crippen LogP contribution in [0.1, 0.15) is 59.8 Å². The minimum absolute atomic E-state index is 0.0487. The molecule has 2 aromatic rings. The van der Waals surface area contributed by atoms with Crippen molar-refractivity contribution in [1.82, 2.24) is 9.71 Å². The SMILES string of the molecule is Cc1nc(C)c(C(=O)OC(C)C)c(-c2cccc([N+](=O)[O-])c2)c1C(=O)CS(=O)(=O)NC(C)C. The molecule has 10 nitrogen and oxygen atoms in total. The molecule has 0 saturated heterocycles. The fourth-order valence-electron chi connectivity index (χ4n) is 3.42. The summed E-state index contributed by atoms with van der Waals surface area (Å²) in [7, 11) is -3.98. The number of aryl methyl sites for hydroxylation is 2. The molecule has 1 N–H and O–H groups in total. The van der Waals surface area contributed by atoms with Crippen LogP contribution in [-0.2, 0) is 14.8 Å². The molecule has 1 heterocycles. The Morgan fingerprint density at radius 1 is 1.12 bits per heavy atom. The molecule has 0 radical (unpaired) electrons. The Kier molecular flexibility index (Phi) is 8.04. The Bertz CT molecular complexity index is 1200. The highest BCUT2D eigenvalue weighted by molar-refractivity contribution is 7.90. The minimum Gasteiger partial charge on any atom is -0.459 e. The molecule has 0 saturated carbocycles. The fraction of sp³-hybridized carbons (Fsp3) is 0.409. The Balaban J connectivity index is 2.84. The van der Waals surface area contributed by atoms with Gasteiger partial charge in [-0.15, -0.1) is 0 Å². The highest BCUT2D eigenvalue weighted by atomic mass is 32.2. The van der Waals surface area contributed by atoms with Crippen molar-refractivity contribution < 1.29 is 27.7 Å². The lowest BCUT2D eigenvalue weighted by atomic mass is 9.90. The van der Waals surface area contributed by atoms with Crippen LogP contribution in [0.4, 0.5) is 5.69 Å². The Morgan fingerprint density at radius 2 is 1.73 bits per heavy atom. The van der Waals surface area contributed by atoms with Crippen LogP contribution in [0.5, 0.6) is 0 Å². The van der Waals surface area contributed by atoms with Crippen LogP contribution in [-0.4, -0.2) is 48.0 Å². The summed E-state index contributed by atoms with van der Waals surface area (Å²) in [4.78, 5) is 41.2. The first-order valence-corrected chi connectivity index (χ1v) is 11.9. The van der Waals surface area contributed by atoms with E-state index < -0.39 is 44.6 Å². The van der Waals surface area contributed by atoms with Crippen molar-refractivity contribution in [3.05, 3.63) is 56.9 Å². The molecule has 11 heteroatoms. The first-order valence-electron chi connectivity index (χ1n) is 10.2. The minimum atomic E-state index is -3.98. The predicted molar refractivity (Wildman–Crippen MR) is 123 cm³/mol. The normalized spacial score (nSPS) is 11.6. The number of aromatic nitrogens is 1. The molecule has 0 spiro atoms. The van der Waals surface area contributed by atoms with Crippen molar-refractivity contribution >= 4 is 27.5 Å². The smallest absolute Gasteiger partial charge is 0.340 e. The number of hydrogen-bond acceptors (Lipinski definition) is 8. The number of sulfonamides is 1. The third kappa shape index (κ3) is 6.42. The molecule has 0 unspecified atom stereocenters. The van der Waals surface area contributed by atoms with Gasteiger partial charge in [-0.1, -0.05) is 12.1 Å². The van der Waals surface area contributed by atoms with Crippen LogP contribution >= 0.6 is 0 Å². The molecule has 1 aromatic heterocycles. The summed E-state index contributed by atoms with van der Waals surface area (Å²) in [6.45, 7) is 9.61. The van der Waals surface area contributed by atoms with Gasteiger partial charge in [-0.05, 0) is 47.1 Å². The van der Waals surface area contributed by atoms with E-state index in [1.807, 2.05) is 0 Å². The Labute approximate surface area is 192 Å². The van der Waals surface area contributed by atoms with Crippen LogP contribution in [0, 0.1) is 24.0 Å². The standard InChI is InChI=1S/C22H27N3O7S/c1-12(2)24-33(30,31)11-18(26)19-14(5)23-15(6)20(22(27)32-13(3)4)21(19)16-8-7-9-17(10-16)25(28)29/h7-10,12-13,24H,11H2,1-6H3. The summed E-state index contributed by atoms with van der Waals surface area (Å²) in [5, 5.41) is 11.3. The largest absolute Gasteiger partial charge is 0.459 e. The van der Waals surface area contributed by atoms with E-state index in [-0.39, 0.29) is 39.3 Å². The summed E-state index contributed by atoms with van der Waals surface area (Å²) in [6, 6.07) is 4.99. The fourth-order valence-corrected chi connectivity index (χ4v) is 4.71. The zero-order valence-electron chi connectivity index (χ0n) is 19.3. The number of Topliss-reactive ketones (excluding diaryl/α,β-unsaturated/α-hetero) is 1. The molecule has 0 aliphatic rings. The van der Waals surface area contributed by atoms with Crippen LogP contribution in [0.15, 0.2) is 24.3 Å². The molecule has 178 valence electrons. The predicted octanol–water partition coefficient (Wildman–Crippen LogP) is 3.35.